The number of nitrogens with zero attached hydrogens (tertiary/aromatic N) is 1. The van der Waals surface area contributed by atoms with Gasteiger partial charge >= 0.3 is 0 Å². The summed E-state index contributed by atoms with van der Waals surface area (Å²) in [4.78, 5) is 2.56. The highest BCUT2D eigenvalue weighted by molar-refractivity contribution is 5.96. The molecule has 0 amide bonds. The fourth-order valence-electron chi connectivity index (χ4n) is 4.38. The van der Waals surface area contributed by atoms with Crippen LogP contribution in [-0.4, -0.2) is 5.54 Å². The molecule has 128 valence electrons. The van der Waals surface area contributed by atoms with Gasteiger partial charge in [-0.25, -0.2) is 0 Å². The summed E-state index contributed by atoms with van der Waals surface area (Å²) in [5, 5.41) is 2.69. The first-order valence-electron chi connectivity index (χ1n) is 9.30. The second-order valence-electron chi connectivity index (χ2n) is 8.32. The SMILES string of the molecule is CCC(C)(C)N1c2ccccc2C(C)(C)c2c1ccc1ccccc21. The third kappa shape index (κ3) is 2.22. The fourth-order valence-corrected chi connectivity index (χ4v) is 4.38. The molecule has 0 aromatic heterocycles. The van der Waals surface area contributed by atoms with Crippen molar-refractivity contribution in [3.63, 3.8) is 0 Å². The van der Waals surface area contributed by atoms with Gasteiger partial charge in [-0.3, -0.25) is 0 Å². The Morgan fingerprint density at radius 1 is 0.840 bits per heavy atom. The monoisotopic (exact) mass is 329 g/mol. The second kappa shape index (κ2) is 5.36. The first kappa shape index (κ1) is 16.2. The van der Waals surface area contributed by atoms with Crippen LogP contribution >= 0.6 is 0 Å². The molecule has 4 rings (SSSR count). The number of rotatable bonds is 2. The quantitative estimate of drug-likeness (QED) is 0.499. The summed E-state index contributed by atoms with van der Waals surface area (Å²) in [6.07, 6.45) is 1.09. The predicted molar refractivity (Wildman–Crippen MR) is 109 cm³/mol. The smallest absolute Gasteiger partial charge is 0.0463 e. The summed E-state index contributed by atoms with van der Waals surface area (Å²) in [5.74, 6) is 0. The summed E-state index contributed by atoms with van der Waals surface area (Å²) in [6, 6.07) is 22.3. The lowest BCUT2D eigenvalue weighted by Crippen LogP contribution is -2.45. The summed E-state index contributed by atoms with van der Waals surface area (Å²) < 4.78 is 0. The van der Waals surface area contributed by atoms with E-state index in [1.54, 1.807) is 0 Å². The van der Waals surface area contributed by atoms with Crippen LogP contribution in [0.15, 0.2) is 60.7 Å². The molecule has 25 heavy (non-hydrogen) atoms. The van der Waals surface area contributed by atoms with Gasteiger partial charge in [-0.15, -0.1) is 0 Å². The van der Waals surface area contributed by atoms with Crippen LogP contribution in [-0.2, 0) is 5.41 Å². The Bertz CT molecular complexity index is 949. The van der Waals surface area contributed by atoms with Crippen molar-refractivity contribution in [2.75, 3.05) is 4.90 Å². The highest BCUT2D eigenvalue weighted by Crippen LogP contribution is 2.53. The van der Waals surface area contributed by atoms with E-state index in [9.17, 15) is 0 Å². The van der Waals surface area contributed by atoms with Crippen LogP contribution in [0.3, 0.4) is 0 Å². The van der Waals surface area contributed by atoms with Crippen LogP contribution < -0.4 is 4.90 Å². The summed E-state index contributed by atoms with van der Waals surface area (Å²) >= 11 is 0. The number of hydrogen-bond acceptors (Lipinski definition) is 1. The van der Waals surface area contributed by atoms with Gasteiger partial charge < -0.3 is 4.90 Å². The molecule has 3 aromatic rings. The van der Waals surface area contributed by atoms with Crippen molar-refractivity contribution in [1.29, 1.82) is 0 Å². The molecule has 1 aliphatic rings. The number of anilines is 2. The third-order valence-corrected chi connectivity index (χ3v) is 6.06. The lowest BCUT2D eigenvalue weighted by atomic mass is 9.71. The predicted octanol–water partition coefficient (Wildman–Crippen LogP) is 6.81. The Balaban J connectivity index is 2.14. The van der Waals surface area contributed by atoms with Gasteiger partial charge in [-0.05, 0) is 54.3 Å². The molecule has 1 heterocycles. The van der Waals surface area contributed by atoms with Crippen molar-refractivity contribution < 1.29 is 0 Å². The molecule has 0 spiro atoms. The van der Waals surface area contributed by atoms with E-state index in [0.717, 1.165) is 6.42 Å². The van der Waals surface area contributed by atoms with Crippen LogP contribution in [0.5, 0.6) is 0 Å². The van der Waals surface area contributed by atoms with Gasteiger partial charge in [0.25, 0.3) is 0 Å². The minimum Gasteiger partial charge on any atom is -0.335 e. The zero-order chi connectivity index (χ0) is 17.8. The van der Waals surface area contributed by atoms with Crippen molar-refractivity contribution in [2.45, 2.75) is 52.0 Å². The van der Waals surface area contributed by atoms with Gasteiger partial charge in [0.05, 0.1) is 0 Å². The van der Waals surface area contributed by atoms with Gasteiger partial charge in [0.2, 0.25) is 0 Å². The van der Waals surface area contributed by atoms with E-state index in [1.165, 1.54) is 33.3 Å². The molecule has 1 aliphatic heterocycles. The van der Waals surface area contributed by atoms with Crippen LogP contribution in [0.4, 0.5) is 11.4 Å². The number of hydrogen-bond donors (Lipinski definition) is 0. The molecule has 0 atom stereocenters. The van der Waals surface area contributed by atoms with Crippen molar-refractivity contribution in [3.8, 4) is 0 Å². The Labute approximate surface area is 151 Å². The number of para-hydroxylation sites is 1. The van der Waals surface area contributed by atoms with Gasteiger partial charge in [0.15, 0.2) is 0 Å². The van der Waals surface area contributed by atoms with E-state index in [2.05, 4.69) is 100 Å². The van der Waals surface area contributed by atoms with Crippen molar-refractivity contribution in [1.82, 2.24) is 0 Å². The molecular weight excluding hydrogens is 302 g/mol. The lowest BCUT2D eigenvalue weighted by molar-refractivity contribution is 0.473. The van der Waals surface area contributed by atoms with E-state index in [-0.39, 0.29) is 11.0 Å². The summed E-state index contributed by atoms with van der Waals surface area (Å²) in [5.41, 5.74) is 5.61. The maximum Gasteiger partial charge on any atom is 0.0463 e. The topological polar surface area (TPSA) is 3.24 Å². The molecule has 0 saturated heterocycles. The standard InChI is InChI=1S/C24H27N/c1-6-23(2,3)25-20-14-10-9-13-19(20)24(4,5)22-18-12-8-7-11-17(18)15-16-21(22)25/h7-16H,6H2,1-5H3. The van der Waals surface area contributed by atoms with Crippen molar-refractivity contribution in [2.24, 2.45) is 0 Å². The zero-order valence-corrected chi connectivity index (χ0v) is 15.9. The molecule has 0 N–H and O–H groups in total. The Morgan fingerprint density at radius 2 is 1.52 bits per heavy atom. The maximum absolute atomic E-state index is 2.56. The molecule has 3 aromatic carbocycles. The van der Waals surface area contributed by atoms with E-state index < -0.39 is 0 Å². The lowest BCUT2D eigenvalue weighted by Gasteiger charge is -2.49. The van der Waals surface area contributed by atoms with E-state index in [1.807, 2.05) is 0 Å². The molecular formula is C24H27N. The average Bonchev–Trinajstić information content (AvgIpc) is 2.61. The van der Waals surface area contributed by atoms with Crippen molar-refractivity contribution >= 4 is 22.1 Å². The van der Waals surface area contributed by atoms with E-state index >= 15 is 0 Å². The van der Waals surface area contributed by atoms with Crippen molar-refractivity contribution in [3.05, 3.63) is 71.8 Å². The van der Waals surface area contributed by atoms with E-state index in [4.69, 9.17) is 0 Å². The molecule has 0 aliphatic carbocycles. The Kier molecular flexibility index (Phi) is 3.47. The van der Waals surface area contributed by atoms with Gasteiger partial charge in [0, 0.05) is 22.3 Å². The van der Waals surface area contributed by atoms with Gasteiger partial charge in [-0.1, -0.05) is 69.3 Å². The molecule has 0 unspecified atom stereocenters. The average molecular weight is 329 g/mol. The second-order valence-corrected chi connectivity index (χ2v) is 8.32. The molecule has 0 saturated carbocycles. The fraction of sp³-hybridized carbons (Fsp3) is 0.333. The summed E-state index contributed by atoms with van der Waals surface area (Å²) in [7, 11) is 0. The highest BCUT2D eigenvalue weighted by atomic mass is 15.2. The Morgan fingerprint density at radius 3 is 2.28 bits per heavy atom. The van der Waals surface area contributed by atoms with Crippen LogP contribution in [0, 0.1) is 0 Å². The van der Waals surface area contributed by atoms with Crippen LogP contribution in [0.25, 0.3) is 10.8 Å². The van der Waals surface area contributed by atoms with Gasteiger partial charge in [0.1, 0.15) is 0 Å². The van der Waals surface area contributed by atoms with Crippen LogP contribution in [0.2, 0.25) is 0 Å². The molecule has 0 bridgehead atoms. The van der Waals surface area contributed by atoms with E-state index in [0.29, 0.717) is 0 Å². The normalized spacial score (nSPS) is 15.8. The highest BCUT2D eigenvalue weighted by Gasteiger charge is 2.41. The minimum atomic E-state index is -0.0207. The maximum atomic E-state index is 2.56. The molecule has 1 nitrogen and oxygen atoms in total. The molecule has 0 fully saturated rings. The third-order valence-electron chi connectivity index (χ3n) is 6.06. The van der Waals surface area contributed by atoms with Gasteiger partial charge in [-0.2, -0.15) is 0 Å². The Hall–Kier alpha value is -2.28. The van der Waals surface area contributed by atoms with Crippen LogP contribution in [0.1, 0.15) is 52.2 Å². The summed E-state index contributed by atoms with van der Waals surface area (Å²) in [6.45, 7) is 11.7. The number of benzene rings is 3. The minimum absolute atomic E-state index is 0.0207. The number of fused-ring (bicyclic) bond motifs is 4. The first-order valence-corrected chi connectivity index (χ1v) is 9.30. The largest absolute Gasteiger partial charge is 0.335 e. The first-order chi connectivity index (χ1) is 11.9. The molecule has 0 radical (unpaired) electrons. The molecule has 1 heteroatoms. The zero-order valence-electron chi connectivity index (χ0n) is 15.9.